The number of hydrogen-bond donors (Lipinski definition) is 0. The van der Waals surface area contributed by atoms with Crippen molar-refractivity contribution in [2.45, 2.75) is 118 Å². The third-order valence-electron chi connectivity index (χ3n) is 6.79. The van der Waals surface area contributed by atoms with Crippen LogP contribution in [0.3, 0.4) is 0 Å². The van der Waals surface area contributed by atoms with Gasteiger partial charge in [0.25, 0.3) is 0 Å². The summed E-state index contributed by atoms with van der Waals surface area (Å²) in [5.74, 6) is 0.860. The van der Waals surface area contributed by atoms with E-state index < -0.39 is 12.3 Å². The second-order valence-electron chi connectivity index (χ2n) is 9.89. The normalized spacial score (nSPS) is 10.9. The van der Waals surface area contributed by atoms with E-state index in [2.05, 4.69) is 20.8 Å². The summed E-state index contributed by atoms with van der Waals surface area (Å²) < 4.78 is 22.1. The standard InChI is InChI=1S/C32H48O6/c1-5-9-11-13-15-17-21-35-31(33)37-29-24-26(8-4)30(28-23-25(7-3)19-20-27(28)29)38-32(34)36-22-18-16-14-12-10-6-2/h19-20,23-24H,5-18,21-22H2,1-4H3. The maximum absolute atomic E-state index is 12.6. The van der Waals surface area contributed by atoms with Gasteiger partial charge in [-0.2, -0.15) is 0 Å². The Morgan fingerprint density at radius 1 is 0.605 bits per heavy atom. The molecule has 2 aromatic rings. The van der Waals surface area contributed by atoms with E-state index in [-0.39, 0.29) is 0 Å². The zero-order chi connectivity index (χ0) is 27.6. The number of carbonyl (C=O) groups excluding carboxylic acids is 2. The number of benzene rings is 2. The van der Waals surface area contributed by atoms with Crippen molar-refractivity contribution in [3.63, 3.8) is 0 Å². The quantitative estimate of drug-likeness (QED) is 0.109. The Balaban J connectivity index is 2.07. The van der Waals surface area contributed by atoms with Gasteiger partial charge in [-0.15, -0.1) is 0 Å². The number of carbonyl (C=O) groups is 2. The van der Waals surface area contributed by atoms with Gasteiger partial charge in [-0.1, -0.05) is 104 Å². The number of ether oxygens (including phenoxy) is 4. The molecule has 6 heteroatoms. The second-order valence-corrected chi connectivity index (χ2v) is 9.89. The Labute approximate surface area is 229 Å². The summed E-state index contributed by atoms with van der Waals surface area (Å²) in [6.45, 7) is 9.11. The highest BCUT2D eigenvalue weighted by Gasteiger charge is 2.20. The van der Waals surface area contributed by atoms with Gasteiger partial charge in [0.2, 0.25) is 0 Å². The molecule has 0 amide bonds. The number of rotatable bonds is 18. The lowest BCUT2D eigenvalue weighted by Gasteiger charge is -2.16. The molecular weight excluding hydrogens is 480 g/mol. The van der Waals surface area contributed by atoms with Crippen LogP contribution in [0.2, 0.25) is 0 Å². The van der Waals surface area contributed by atoms with Gasteiger partial charge in [0.1, 0.15) is 11.5 Å². The average molecular weight is 529 g/mol. The fraction of sp³-hybridized carbons (Fsp3) is 0.625. The summed E-state index contributed by atoms with van der Waals surface area (Å²) in [4.78, 5) is 25.0. The molecule has 0 spiro atoms. The van der Waals surface area contributed by atoms with Crippen molar-refractivity contribution >= 4 is 23.1 Å². The van der Waals surface area contributed by atoms with Crippen LogP contribution in [-0.2, 0) is 22.3 Å². The van der Waals surface area contributed by atoms with Crippen molar-refractivity contribution < 1.29 is 28.5 Å². The molecule has 0 saturated heterocycles. The highest BCUT2D eigenvalue weighted by atomic mass is 16.7. The molecule has 0 N–H and O–H groups in total. The van der Waals surface area contributed by atoms with Gasteiger partial charge in [-0.05, 0) is 48.9 Å². The lowest BCUT2D eigenvalue weighted by atomic mass is 9.99. The Bertz CT molecular complexity index is 984. The molecule has 0 unspecified atom stereocenters. The van der Waals surface area contributed by atoms with Crippen LogP contribution in [0.15, 0.2) is 24.3 Å². The van der Waals surface area contributed by atoms with Crippen LogP contribution in [-0.4, -0.2) is 25.5 Å². The topological polar surface area (TPSA) is 71.1 Å². The third-order valence-corrected chi connectivity index (χ3v) is 6.79. The van der Waals surface area contributed by atoms with Gasteiger partial charge in [0.15, 0.2) is 0 Å². The third kappa shape index (κ3) is 10.9. The minimum absolute atomic E-state index is 0.342. The first kappa shape index (κ1) is 31.5. The predicted octanol–water partition coefficient (Wildman–Crippen LogP) is 9.72. The molecule has 0 radical (unpaired) electrons. The van der Waals surface area contributed by atoms with Crippen molar-refractivity contribution in [2.24, 2.45) is 0 Å². The summed E-state index contributed by atoms with van der Waals surface area (Å²) in [6, 6.07) is 7.64. The van der Waals surface area contributed by atoms with Gasteiger partial charge >= 0.3 is 12.3 Å². The maximum Gasteiger partial charge on any atom is 0.513 e. The summed E-state index contributed by atoms with van der Waals surface area (Å²) in [5, 5.41) is 1.41. The summed E-state index contributed by atoms with van der Waals surface area (Å²) in [7, 11) is 0. The first-order chi connectivity index (χ1) is 18.5. The molecule has 0 saturated carbocycles. The van der Waals surface area contributed by atoms with E-state index in [0.29, 0.717) is 36.5 Å². The van der Waals surface area contributed by atoms with Crippen LogP contribution >= 0.6 is 0 Å². The molecule has 212 valence electrons. The maximum atomic E-state index is 12.6. The van der Waals surface area contributed by atoms with E-state index in [0.717, 1.165) is 61.5 Å². The van der Waals surface area contributed by atoms with Crippen LogP contribution in [0, 0.1) is 0 Å². The zero-order valence-corrected chi connectivity index (χ0v) is 24.1. The Kier molecular flexibility index (Phi) is 15.3. The highest BCUT2D eigenvalue weighted by Crippen LogP contribution is 2.38. The fourth-order valence-electron chi connectivity index (χ4n) is 4.46. The van der Waals surface area contributed by atoms with Gasteiger partial charge in [-0.25, -0.2) is 9.59 Å². The van der Waals surface area contributed by atoms with Crippen LogP contribution in [0.4, 0.5) is 9.59 Å². The molecule has 0 fully saturated rings. The number of aryl methyl sites for hydroxylation is 2. The number of fused-ring (bicyclic) bond motifs is 1. The molecule has 2 aromatic carbocycles. The van der Waals surface area contributed by atoms with Crippen molar-refractivity contribution in [1.29, 1.82) is 0 Å². The first-order valence-corrected chi connectivity index (χ1v) is 14.8. The molecule has 0 aromatic heterocycles. The molecule has 2 rings (SSSR count). The van der Waals surface area contributed by atoms with E-state index in [9.17, 15) is 9.59 Å². The van der Waals surface area contributed by atoms with Crippen LogP contribution in [0.5, 0.6) is 11.5 Å². The smallest absolute Gasteiger partial charge is 0.434 e. The van der Waals surface area contributed by atoms with Gasteiger partial charge in [-0.3, -0.25) is 0 Å². The van der Waals surface area contributed by atoms with Crippen LogP contribution in [0.1, 0.15) is 116 Å². The molecule has 6 nitrogen and oxygen atoms in total. The van der Waals surface area contributed by atoms with Crippen molar-refractivity contribution in [3.05, 3.63) is 35.4 Å². The van der Waals surface area contributed by atoms with Gasteiger partial charge in [0.05, 0.1) is 13.2 Å². The number of hydrogen-bond acceptors (Lipinski definition) is 6. The molecule has 0 atom stereocenters. The fourth-order valence-corrected chi connectivity index (χ4v) is 4.46. The molecule has 0 aliphatic carbocycles. The minimum atomic E-state index is -0.714. The van der Waals surface area contributed by atoms with Gasteiger partial charge < -0.3 is 18.9 Å². The van der Waals surface area contributed by atoms with E-state index >= 15 is 0 Å². The van der Waals surface area contributed by atoms with E-state index in [1.807, 2.05) is 25.1 Å². The lowest BCUT2D eigenvalue weighted by molar-refractivity contribution is 0.0955. The Hall–Kier alpha value is -2.76. The van der Waals surface area contributed by atoms with Crippen LogP contribution < -0.4 is 9.47 Å². The Morgan fingerprint density at radius 2 is 1.16 bits per heavy atom. The molecule has 0 heterocycles. The average Bonchev–Trinajstić information content (AvgIpc) is 2.92. The van der Waals surface area contributed by atoms with Gasteiger partial charge in [0, 0.05) is 10.8 Å². The second kappa shape index (κ2) is 18.5. The summed E-state index contributed by atoms with van der Waals surface area (Å²) in [6.07, 6.45) is 13.4. The largest absolute Gasteiger partial charge is 0.513 e. The molecule has 0 aliphatic rings. The van der Waals surface area contributed by atoms with Crippen molar-refractivity contribution in [2.75, 3.05) is 13.2 Å². The lowest BCUT2D eigenvalue weighted by Crippen LogP contribution is -2.14. The molecular formula is C32H48O6. The molecule has 0 aliphatic heterocycles. The van der Waals surface area contributed by atoms with E-state index in [1.165, 1.54) is 38.5 Å². The first-order valence-electron chi connectivity index (χ1n) is 14.8. The minimum Gasteiger partial charge on any atom is -0.434 e. The summed E-state index contributed by atoms with van der Waals surface area (Å²) in [5.41, 5.74) is 1.86. The Morgan fingerprint density at radius 3 is 1.71 bits per heavy atom. The zero-order valence-electron chi connectivity index (χ0n) is 24.1. The highest BCUT2D eigenvalue weighted by molar-refractivity contribution is 5.97. The predicted molar refractivity (Wildman–Crippen MR) is 153 cm³/mol. The van der Waals surface area contributed by atoms with Crippen LogP contribution in [0.25, 0.3) is 10.8 Å². The van der Waals surface area contributed by atoms with Crippen molar-refractivity contribution in [3.8, 4) is 11.5 Å². The monoisotopic (exact) mass is 528 g/mol. The van der Waals surface area contributed by atoms with E-state index in [1.54, 1.807) is 6.07 Å². The number of unbranched alkanes of at least 4 members (excludes halogenated alkanes) is 10. The SMILES string of the molecule is CCCCCCCCOC(=O)Oc1cc(CC)c(OC(=O)OCCCCCCCC)c2cc(CC)ccc12. The molecule has 0 bridgehead atoms. The van der Waals surface area contributed by atoms with Crippen molar-refractivity contribution in [1.82, 2.24) is 0 Å². The summed E-state index contributed by atoms with van der Waals surface area (Å²) >= 11 is 0. The molecule has 38 heavy (non-hydrogen) atoms. The van der Waals surface area contributed by atoms with E-state index in [4.69, 9.17) is 18.9 Å².